The van der Waals surface area contributed by atoms with Crippen LogP contribution in [0.3, 0.4) is 0 Å². The Labute approximate surface area is 172 Å². The summed E-state index contributed by atoms with van der Waals surface area (Å²) < 4.78 is 5.88. The van der Waals surface area contributed by atoms with Crippen molar-refractivity contribution in [2.75, 3.05) is 0 Å². The van der Waals surface area contributed by atoms with Crippen molar-refractivity contribution in [2.24, 2.45) is 5.41 Å². The van der Waals surface area contributed by atoms with Crippen molar-refractivity contribution in [3.8, 4) is 11.5 Å². The van der Waals surface area contributed by atoms with Gasteiger partial charge in [0.2, 0.25) is 5.91 Å². The molecule has 1 saturated carbocycles. The zero-order valence-electron chi connectivity index (χ0n) is 16.9. The van der Waals surface area contributed by atoms with Gasteiger partial charge in [0.25, 0.3) is 0 Å². The molecule has 28 heavy (non-hydrogen) atoms. The summed E-state index contributed by atoms with van der Waals surface area (Å²) in [5.41, 5.74) is 2.02. The number of carbonyl (C=O) groups is 1. The topological polar surface area (TPSA) is 51.2 Å². The molecule has 0 atom stereocenters. The van der Waals surface area contributed by atoms with Gasteiger partial charge in [-0.25, -0.2) is 0 Å². The molecule has 0 unspecified atom stereocenters. The first-order chi connectivity index (χ1) is 13.1. The number of rotatable bonds is 6. The zero-order chi connectivity index (χ0) is 20.4. The third-order valence-corrected chi connectivity index (χ3v) is 4.80. The van der Waals surface area contributed by atoms with Crippen molar-refractivity contribution in [2.45, 2.75) is 52.5 Å². The molecule has 0 aliphatic heterocycles. The number of pyridine rings is 1. The highest BCUT2D eigenvalue weighted by Crippen LogP contribution is 2.37. The average Bonchev–Trinajstić information content (AvgIpc) is 3.34. The summed E-state index contributed by atoms with van der Waals surface area (Å²) in [6, 6.07) is 9.67. The highest BCUT2D eigenvalue weighted by atomic mass is 35.5. The number of nitrogens with one attached hydrogen (secondary N) is 1. The van der Waals surface area contributed by atoms with Crippen molar-refractivity contribution in [1.29, 1.82) is 0 Å². The summed E-state index contributed by atoms with van der Waals surface area (Å²) >= 11 is 6.40. The minimum absolute atomic E-state index is 0.00995. The quantitative estimate of drug-likeness (QED) is 0.669. The maximum absolute atomic E-state index is 11.3. The van der Waals surface area contributed by atoms with Gasteiger partial charge in [0.15, 0.2) is 0 Å². The Balaban J connectivity index is 1.64. The molecule has 1 aliphatic rings. The summed E-state index contributed by atoms with van der Waals surface area (Å²) in [5, 5.41) is 3.57. The monoisotopic (exact) mass is 398 g/mol. The molecular formula is C23H27ClN2O2. The normalized spacial score (nSPS) is 15.5. The second-order valence-electron chi connectivity index (χ2n) is 8.69. The standard InChI is InChI=1S/C23H27ClN2O2/c1-16(27)26-23(11-12-23)10-9-18-6-7-19(15-25-18)28-21-8-5-17(13-20(21)24)14-22(2,3)4/h5-10,13,15H,11-12,14H2,1-4H3,(H,26,27)/b10-9+. The molecule has 3 rings (SSSR count). The maximum Gasteiger partial charge on any atom is 0.217 e. The van der Waals surface area contributed by atoms with Crippen LogP contribution < -0.4 is 10.1 Å². The molecule has 4 nitrogen and oxygen atoms in total. The number of nitrogens with zero attached hydrogens (tertiary/aromatic N) is 1. The molecule has 148 valence electrons. The number of ether oxygens (including phenoxy) is 1. The average molecular weight is 399 g/mol. The van der Waals surface area contributed by atoms with E-state index in [0.29, 0.717) is 16.5 Å². The molecule has 1 aliphatic carbocycles. The van der Waals surface area contributed by atoms with Gasteiger partial charge in [-0.15, -0.1) is 0 Å². The number of hydrogen-bond acceptors (Lipinski definition) is 3. The fourth-order valence-corrected chi connectivity index (χ4v) is 3.33. The number of aromatic nitrogens is 1. The van der Waals surface area contributed by atoms with Crippen LogP contribution in [0.2, 0.25) is 5.02 Å². The van der Waals surface area contributed by atoms with E-state index in [9.17, 15) is 4.79 Å². The van der Waals surface area contributed by atoms with Crippen molar-refractivity contribution in [1.82, 2.24) is 10.3 Å². The van der Waals surface area contributed by atoms with E-state index in [1.807, 2.05) is 42.5 Å². The van der Waals surface area contributed by atoms with E-state index in [-0.39, 0.29) is 16.9 Å². The van der Waals surface area contributed by atoms with E-state index < -0.39 is 0 Å². The Kier molecular flexibility index (Phi) is 5.80. The Bertz CT molecular complexity index is 878. The van der Waals surface area contributed by atoms with E-state index >= 15 is 0 Å². The van der Waals surface area contributed by atoms with Crippen LogP contribution in [0.1, 0.15) is 51.8 Å². The molecule has 1 N–H and O–H groups in total. The van der Waals surface area contributed by atoms with Crippen LogP contribution in [0.25, 0.3) is 6.08 Å². The van der Waals surface area contributed by atoms with Crippen LogP contribution >= 0.6 is 11.6 Å². The van der Waals surface area contributed by atoms with E-state index in [1.54, 1.807) is 13.1 Å². The Morgan fingerprint density at radius 1 is 1.29 bits per heavy atom. The molecule has 1 amide bonds. The maximum atomic E-state index is 11.3. The smallest absolute Gasteiger partial charge is 0.217 e. The lowest BCUT2D eigenvalue weighted by atomic mass is 9.88. The molecule has 5 heteroatoms. The van der Waals surface area contributed by atoms with E-state index in [2.05, 4.69) is 31.1 Å². The van der Waals surface area contributed by atoms with Crippen LogP contribution in [0.5, 0.6) is 11.5 Å². The van der Waals surface area contributed by atoms with Crippen molar-refractivity contribution in [3.63, 3.8) is 0 Å². The van der Waals surface area contributed by atoms with E-state index in [1.165, 1.54) is 5.56 Å². The first-order valence-corrected chi connectivity index (χ1v) is 9.92. The Morgan fingerprint density at radius 3 is 2.57 bits per heavy atom. The molecular weight excluding hydrogens is 372 g/mol. The molecule has 0 spiro atoms. The van der Waals surface area contributed by atoms with Gasteiger partial charge in [-0.1, -0.05) is 44.5 Å². The lowest BCUT2D eigenvalue weighted by Gasteiger charge is -2.18. The summed E-state index contributed by atoms with van der Waals surface area (Å²) in [5.74, 6) is 1.24. The van der Waals surface area contributed by atoms with Crippen LogP contribution in [0.4, 0.5) is 0 Å². The first-order valence-electron chi connectivity index (χ1n) is 9.55. The minimum atomic E-state index is -0.189. The molecule has 1 aromatic heterocycles. The van der Waals surface area contributed by atoms with Gasteiger partial charge >= 0.3 is 0 Å². The van der Waals surface area contributed by atoms with E-state index in [0.717, 1.165) is 25.0 Å². The number of hydrogen-bond donors (Lipinski definition) is 1. The molecule has 0 bridgehead atoms. The van der Waals surface area contributed by atoms with Gasteiger partial charge in [0.1, 0.15) is 11.5 Å². The summed E-state index contributed by atoms with van der Waals surface area (Å²) in [6.45, 7) is 8.15. The zero-order valence-corrected chi connectivity index (χ0v) is 17.6. The van der Waals surface area contributed by atoms with Crippen molar-refractivity contribution in [3.05, 3.63) is 58.9 Å². The molecule has 0 saturated heterocycles. The SMILES string of the molecule is CC(=O)NC1(/C=C/c2ccc(Oc3ccc(CC(C)(C)C)cc3Cl)cn2)CC1. The van der Waals surface area contributed by atoms with Gasteiger partial charge in [-0.3, -0.25) is 9.78 Å². The molecule has 0 radical (unpaired) electrons. The van der Waals surface area contributed by atoms with Gasteiger partial charge in [0, 0.05) is 6.92 Å². The molecule has 1 heterocycles. The fraction of sp³-hybridized carbons (Fsp3) is 0.391. The molecule has 1 aromatic carbocycles. The second kappa shape index (κ2) is 7.96. The fourth-order valence-electron chi connectivity index (χ4n) is 3.09. The van der Waals surface area contributed by atoms with Crippen molar-refractivity contribution >= 4 is 23.6 Å². The molecule has 1 fully saturated rings. The van der Waals surface area contributed by atoms with Crippen LogP contribution in [0.15, 0.2) is 42.6 Å². The summed E-state index contributed by atoms with van der Waals surface area (Å²) in [6.07, 6.45) is 8.51. The second-order valence-corrected chi connectivity index (χ2v) is 9.10. The first kappa shape index (κ1) is 20.4. The highest BCUT2D eigenvalue weighted by Gasteiger charge is 2.40. The Morgan fingerprint density at radius 2 is 2.04 bits per heavy atom. The van der Waals surface area contributed by atoms with E-state index in [4.69, 9.17) is 16.3 Å². The van der Waals surface area contributed by atoms with Gasteiger partial charge < -0.3 is 10.1 Å². The highest BCUT2D eigenvalue weighted by molar-refractivity contribution is 6.32. The minimum Gasteiger partial charge on any atom is -0.454 e. The van der Waals surface area contributed by atoms with Crippen LogP contribution in [-0.4, -0.2) is 16.4 Å². The largest absolute Gasteiger partial charge is 0.454 e. The summed E-state index contributed by atoms with van der Waals surface area (Å²) in [4.78, 5) is 15.7. The molecule has 2 aromatic rings. The van der Waals surface area contributed by atoms with Crippen LogP contribution in [-0.2, 0) is 11.2 Å². The van der Waals surface area contributed by atoms with Crippen molar-refractivity contribution < 1.29 is 9.53 Å². The predicted octanol–water partition coefficient (Wildman–Crippen LogP) is 5.80. The third-order valence-electron chi connectivity index (χ3n) is 4.50. The van der Waals surface area contributed by atoms with Crippen LogP contribution in [0, 0.1) is 5.41 Å². The lowest BCUT2D eigenvalue weighted by molar-refractivity contribution is -0.119. The summed E-state index contributed by atoms with van der Waals surface area (Å²) in [7, 11) is 0. The van der Waals surface area contributed by atoms with Gasteiger partial charge in [0.05, 0.1) is 22.5 Å². The van der Waals surface area contributed by atoms with Gasteiger partial charge in [-0.2, -0.15) is 0 Å². The number of amides is 1. The van der Waals surface area contributed by atoms with Gasteiger partial charge in [-0.05, 0) is 60.6 Å². The number of halogens is 1. The number of benzene rings is 1. The third kappa shape index (κ3) is 5.83. The number of carbonyl (C=O) groups excluding carboxylic acids is 1. The predicted molar refractivity (Wildman–Crippen MR) is 114 cm³/mol. The Hall–Kier alpha value is -2.33. The lowest BCUT2D eigenvalue weighted by Crippen LogP contribution is -2.33.